The fourth-order valence-electron chi connectivity index (χ4n) is 11.7. The molecule has 4 heteroatoms. The van der Waals surface area contributed by atoms with Crippen LogP contribution in [0.25, 0.3) is 10.4 Å². The van der Waals surface area contributed by atoms with Crippen LogP contribution < -0.4 is 20.7 Å². The standard InChI is InChI=1S/C50H62Si4/c1-9-50(10-2)43-37-45-46(38-44(43)54(15-7,16-8)51(42-35-27-20-28-36-42)49(50)41-33-25-19-26-34-41)53(13-5,14-6)48(40-31-23-18-24-32-40)47(52(45,11-3)12-4)39-29-21-17-22-30-39/h17-38H,9-16H2,1-8H3. The van der Waals surface area contributed by atoms with Gasteiger partial charge in [0.25, 0.3) is 0 Å². The van der Waals surface area contributed by atoms with Gasteiger partial charge in [0.15, 0.2) is 0 Å². The van der Waals surface area contributed by atoms with Crippen LogP contribution >= 0.6 is 0 Å². The van der Waals surface area contributed by atoms with Crippen LogP contribution in [0.5, 0.6) is 0 Å². The van der Waals surface area contributed by atoms with Gasteiger partial charge in [0.05, 0.1) is 0 Å². The second-order valence-electron chi connectivity index (χ2n) is 16.1. The summed E-state index contributed by atoms with van der Waals surface area (Å²) in [6.45, 7) is 20.5. The number of fused-ring (bicyclic) bond motifs is 2. The Bertz CT molecular complexity index is 1830. The lowest BCUT2D eigenvalue weighted by molar-refractivity contribution is 0.542. The van der Waals surface area contributed by atoms with Crippen LogP contribution in [0.2, 0.25) is 36.3 Å². The summed E-state index contributed by atoms with van der Waals surface area (Å²) in [7, 11) is -7.72. The van der Waals surface area contributed by atoms with E-state index < -0.39 is 31.7 Å². The Morgan fingerprint density at radius 3 is 1.20 bits per heavy atom. The molecule has 0 N–H and O–H groups in total. The average molecular weight is 775 g/mol. The molecule has 54 heavy (non-hydrogen) atoms. The summed E-state index contributed by atoms with van der Waals surface area (Å²) in [4.78, 5) is 0. The molecule has 0 unspecified atom stereocenters. The first-order valence-electron chi connectivity index (χ1n) is 21.3. The molecule has 2 aliphatic rings. The van der Waals surface area contributed by atoms with Gasteiger partial charge in [-0.25, -0.2) is 0 Å². The molecule has 278 valence electrons. The molecule has 0 fully saturated rings. The van der Waals surface area contributed by atoms with Crippen LogP contribution in [-0.4, -0.2) is 36.8 Å². The number of rotatable bonds is 12. The fraction of sp³-hybridized carbons (Fsp3) is 0.340. The van der Waals surface area contributed by atoms with Crippen molar-refractivity contribution in [1.82, 2.24) is 0 Å². The van der Waals surface area contributed by atoms with Crippen molar-refractivity contribution >= 4 is 68.0 Å². The zero-order valence-electron chi connectivity index (χ0n) is 34.4. The van der Waals surface area contributed by atoms with E-state index in [9.17, 15) is 0 Å². The molecule has 5 aromatic rings. The van der Waals surface area contributed by atoms with Crippen molar-refractivity contribution in [3.8, 4) is 0 Å². The molecular formula is C50H62Si4. The summed E-state index contributed by atoms with van der Waals surface area (Å²) in [5.41, 5.74) is 6.25. The van der Waals surface area contributed by atoms with E-state index in [1.807, 2.05) is 20.7 Å². The third-order valence-electron chi connectivity index (χ3n) is 14.7. The zero-order valence-corrected chi connectivity index (χ0v) is 38.4. The Kier molecular flexibility index (Phi) is 11.2. The zero-order chi connectivity index (χ0) is 38.1. The number of benzene rings is 5. The summed E-state index contributed by atoms with van der Waals surface area (Å²) in [6.07, 6.45) is 2.29. The van der Waals surface area contributed by atoms with Gasteiger partial charge in [-0.15, -0.1) is 0 Å². The molecule has 2 heterocycles. The summed E-state index contributed by atoms with van der Waals surface area (Å²) in [6, 6.07) is 60.8. The van der Waals surface area contributed by atoms with Gasteiger partial charge in [-0.1, -0.05) is 241 Å². The summed E-state index contributed by atoms with van der Waals surface area (Å²) >= 11 is 0. The lowest BCUT2D eigenvalue weighted by atomic mass is 9.71. The van der Waals surface area contributed by atoms with Crippen molar-refractivity contribution < 1.29 is 0 Å². The van der Waals surface area contributed by atoms with E-state index in [-0.39, 0.29) is 5.41 Å². The molecule has 0 nitrogen and oxygen atoms in total. The Morgan fingerprint density at radius 1 is 0.426 bits per heavy atom. The van der Waals surface area contributed by atoms with Crippen molar-refractivity contribution in [2.45, 2.75) is 110 Å². The lowest BCUT2D eigenvalue weighted by Gasteiger charge is -2.54. The maximum absolute atomic E-state index is 3.02. The van der Waals surface area contributed by atoms with E-state index in [4.69, 9.17) is 0 Å². The summed E-state index contributed by atoms with van der Waals surface area (Å²) in [5.74, 6) is 0. The molecule has 2 aliphatic heterocycles. The van der Waals surface area contributed by atoms with Crippen molar-refractivity contribution in [3.63, 3.8) is 0 Å². The molecule has 0 atom stereocenters. The maximum atomic E-state index is 3.02. The Morgan fingerprint density at radius 2 is 0.815 bits per heavy atom. The quantitative estimate of drug-likeness (QED) is 0.111. The molecule has 0 radical (unpaired) electrons. The van der Waals surface area contributed by atoms with Crippen molar-refractivity contribution in [1.29, 1.82) is 0 Å². The molecular weight excluding hydrogens is 713 g/mol. The number of hydrogen-bond acceptors (Lipinski definition) is 0. The number of hydrogen-bond donors (Lipinski definition) is 0. The Hall–Kier alpha value is -3.42. The van der Waals surface area contributed by atoms with Crippen molar-refractivity contribution in [3.05, 3.63) is 156 Å². The van der Waals surface area contributed by atoms with Gasteiger partial charge in [-0.05, 0) is 55.8 Å². The minimum Gasteiger partial charge on any atom is -0.0675 e. The van der Waals surface area contributed by atoms with Crippen LogP contribution in [0.4, 0.5) is 0 Å². The van der Waals surface area contributed by atoms with E-state index >= 15 is 0 Å². The van der Waals surface area contributed by atoms with Gasteiger partial charge in [-0.2, -0.15) is 0 Å². The third kappa shape index (κ3) is 5.56. The van der Waals surface area contributed by atoms with Crippen LogP contribution in [0.1, 0.15) is 90.5 Å². The SMILES string of the molecule is CCC1(CC)C(c2ccccc2)=[Si](c2ccccc2)[Si](CC)(CC)c2cc3c(cc21)[Si](CC)(CC)C(c1ccccc1)=C(c1ccccc1)[Si]3(CC)CC. The second kappa shape index (κ2) is 15.6. The smallest absolute Gasteiger partial charge is 0.0675 e. The molecule has 0 amide bonds. The molecule has 0 saturated heterocycles. The molecule has 0 bridgehead atoms. The second-order valence-corrected chi connectivity index (χ2v) is 35.6. The fourth-order valence-corrected chi connectivity index (χ4v) is 39.0. The monoisotopic (exact) mass is 774 g/mol. The van der Waals surface area contributed by atoms with Gasteiger partial charge in [-0.3, -0.25) is 0 Å². The largest absolute Gasteiger partial charge is 0.118 e. The highest BCUT2D eigenvalue weighted by Gasteiger charge is 2.56. The van der Waals surface area contributed by atoms with Crippen molar-refractivity contribution in [2.24, 2.45) is 0 Å². The summed E-state index contributed by atoms with van der Waals surface area (Å²) < 4.78 is 0. The van der Waals surface area contributed by atoms with E-state index in [2.05, 4.69) is 189 Å². The Labute approximate surface area is 331 Å². The van der Waals surface area contributed by atoms with Crippen LogP contribution in [0.15, 0.2) is 133 Å². The molecule has 7 rings (SSSR count). The molecule has 5 aromatic carbocycles. The van der Waals surface area contributed by atoms with Gasteiger partial charge in [0.1, 0.15) is 23.7 Å². The predicted molar refractivity (Wildman–Crippen MR) is 250 cm³/mol. The first-order valence-corrected chi connectivity index (χ1v) is 31.0. The van der Waals surface area contributed by atoms with E-state index in [0.29, 0.717) is 0 Å². The third-order valence-corrected chi connectivity index (χ3v) is 40.3. The first kappa shape index (κ1) is 38.8. The molecule has 0 spiro atoms. The van der Waals surface area contributed by atoms with E-state index in [0.717, 1.165) is 12.8 Å². The van der Waals surface area contributed by atoms with Gasteiger partial charge in [0.2, 0.25) is 0 Å². The van der Waals surface area contributed by atoms with Gasteiger partial charge < -0.3 is 0 Å². The minimum atomic E-state index is -2.26. The molecule has 0 aliphatic carbocycles. The minimum absolute atomic E-state index is 0.0112. The molecule has 0 aromatic heterocycles. The predicted octanol–water partition coefficient (Wildman–Crippen LogP) is 10.8. The normalized spacial score (nSPS) is 17.9. The van der Waals surface area contributed by atoms with Crippen LogP contribution in [0, 0.1) is 0 Å². The van der Waals surface area contributed by atoms with Crippen LogP contribution in [-0.2, 0) is 5.41 Å². The summed E-state index contributed by atoms with van der Waals surface area (Å²) in [5, 5.41) is 12.5. The van der Waals surface area contributed by atoms with Crippen LogP contribution in [0.3, 0.4) is 0 Å². The topological polar surface area (TPSA) is 0 Å². The highest BCUT2D eigenvalue weighted by molar-refractivity contribution is 7.45. The molecule has 0 saturated carbocycles. The average Bonchev–Trinajstić information content (AvgIpc) is 3.25. The van der Waals surface area contributed by atoms with Gasteiger partial charge >= 0.3 is 0 Å². The lowest BCUT2D eigenvalue weighted by Crippen LogP contribution is -2.74. The van der Waals surface area contributed by atoms with Crippen molar-refractivity contribution in [2.75, 3.05) is 0 Å². The highest BCUT2D eigenvalue weighted by atomic mass is 29.2. The Balaban J connectivity index is 1.72. The maximum Gasteiger partial charge on any atom is 0.118 e. The van der Waals surface area contributed by atoms with E-state index in [1.165, 1.54) is 53.0 Å². The first-order chi connectivity index (χ1) is 26.4. The highest BCUT2D eigenvalue weighted by Crippen LogP contribution is 2.49. The van der Waals surface area contributed by atoms with E-state index in [1.54, 1.807) is 21.1 Å². The van der Waals surface area contributed by atoms with Gasteiger partial charge in [0, 0.05) is 13.3 Å².